The zero-order valence-electron chi connectivity index (χ0n) is 18.6. The minimum atomic E-state index is -4.07. The number of thiophene rings is 1. The maximum Gasteiger partial charge on any atom is 0.339 e. The number of nitrogens with one attached hydrogen (secondary N) is 2. The second kappa shape index (κ2) is 12.4. The van der Waals surface area contributed by atoms with E-state index >= 15 is 0 Å². The van der Waals surface area contributed by atoms with Crippen LogP contribution >= 0.6 is 34.7 Å². The van der Waals surface area contributed by atoms with E-state index in [9.17, 15) is 27.9 Å². The Hall–Kier alpha value is -2.90. The summed E-state index contributed by atoms with van der Waals surface area (Å²) in [6.07, 6.45) is 0. The average Bonchev–Trinajstić information content (AvgIpc) is 3.32. The highest BCUT2D eigenvalue weighted by atomic mass is 35.5. The highest BCUT2D eigenvalue weighted by Gasteiger charge is 2.19. The van der Waals surface area contributed by atoms with Gasteiger partial charge in [-0.15, -0.1) is 23.1 Å². The summed E-state index contributed by atoms with van der Waals surface area (Å²) in [4.78, 5) is 36.1. The van der Waals surface area contributed by atoms with E-state index in [0.717, 1.165) is 35.1 Å². The molecule has 1 amide bonds. The Labute approximate surface area is 220 Å². The van der Waals surface area contributed by atoms with Gasteiger partial charge in [-0.25, -0.2) is 17.9 Å². The molecule has 0 aliphatic rings. The SMILES string of the molecule is O=C(CNC(=O)c1ccc(CNS(=O)(=O)c2ccc(O)c(C(=O)O)c2)s1)CSCc1ccccc1Cl. The third-order valence-corrected chi connectivity index (χ3v) is 8.65. The van der Waals surface area contributed by atoms with E-state index < -0.39 is 33.2 Å². The summed E-state index contributed by atoms with van der Waals surface area (Å²) in [7, 11) is -4.07. The highest BCUT2D eigenvalue weighted by molar-refractivity contribution is 7.99. The first-order chi connectivity index (χ1) is 17.1. The molecule has 0 atom stereocenters. The lowest BCUT2D eigenvalue weighted by atomic mass is 10.2. The molecule has 13 heteroatoms. The number of aromatic hydroxyl groups is 1. The van der Waals surface area contributed by atoms with Crippen LogP contribution < -0.4 is 10.0 Å². The van der Waals surface area contributed by atoms with Gasteiger partial charge in [0.2, 0.25) is 10.0 Å². The molecule has 0 unspecified atom stereocenters. The van der Waals surface area contributed by atoms with Crippen molar-refractivity contribution in [3.8, 4) is 5.75 Å². The Kier molecular flexibility index (Phi) is 9.51. The van der Waals surface area contributed by atoms with E-state index in [1.54, 1.807) is 12.1 Å². The molecule has 190 valence electrons. The minimum Gasteiger partial charge on any atom is -0.507 e. The highest BCUT2D eigenvalue weighted by Crippen LogP contribution is 2.23. The van der Waals surface area contributed by atoms with Crippen LogP contribution in [0.1, 0.15) is 30.5 Å². The van der Waals surface area contributed by atoms with E-state index in [2.05, 4.69) is 10.0 Å². The Morgan fingerprint density at radius 3 is 2.53 bits per heavy atom. The Morgan fingerprint density at radius 2 is 1.81 bits per heavy atom. The number of carbonyl (C=O) groups excluding carboxylic acids is 2. The number of benzene rings is 2. The second-order valence-electron chi connectivity index (χ2n) is 7.38. The summed E-state index contributed by atoms with van der Waals surface area (Å²) in [6.45, 7) is -0.276. The van der Waals surface area contributed by atoms with Crippen molar-refractivity contribution < 1.29 is 33.0 Å². The van der Waals surface area contributed by atoms with Gasteiger partial charge >= 0.3 is 5.97 Å². The molecule has 0 radical (unpaired) electrons. The number of rotatable bonds is 12. The summed E-state index contributed by atoms with van der Waals surface area (Å²) < 4.78 is 27.3. The number of carboxylic acids is 1. The van der Waals surface area contributed by atoms with E-state index in [0.29, 0.717) is 20.5 Å². The summed E-state index contributed by atoms with van der Waals surface area (Å²) in [5.74, 6) is -1.83. The summed E-state index contributed by atoms with van der Waals surface area (Å²) in [5, 5.41) is 21.8. The van der Waals surface area contributed by atoms with Gasteiger partial charge in [-0.2, -0.15) is 0 Å². The fourth-order valence-corrected chi connectivity index (χ4v) is 6.08. The predicted octanol–water partition coefficient (Wildman–Crippen LogP) is 3.52. The molecule has 3 aromatic rings. The maximum absolute atomic E-state index is 12.5. The predicted molar refractivity (Wildman–Crippen MR) is 138 cm³/mol. The van der Waals surface area contributed by atoms with Crippen LogP contribution in [-0.4, -0.2) is 48.6 Å². The summed E-state index contributed by atoms with van der Waals surface area (Å²) >= 11 is 8.54. The van der Waals surface area contributed by atoms with Gasteiger partial charge in [-0.05, 0) is 42.0 Å². The van der Waals surface area contributed by atoms with Crippen molar-refractivity contribution in [1.82, 2.24) is 10.0 Å². The van der Waals surface area contributed by atoms with Gasteiger partial charge in [0.05, 0.1) is 22.1 Å². The van der Waals surface area contributed by atoms with Crippen LogP contribution in [0, 0.1) is 0 Å². The molecule has 0 saturated heterocycles. The first-order valence-electron chi connectivity index (χ1n) is 10.3. The monoisotopic (exact) mass is 568 g/mol. The maximum atomic E-state index is 12.5. The van der Waals surface area contributed by atoms with Crippen molar-refractivity contribution in [1.29, 1.82) is 0 Å². The molecule has 3 rings (SSSR count). The van der Waals surface area contributed by atoms with Crippen LogP contribution in [-0.2, 0) is 27.1 Å². The normalized spacial score (nSPS) is 11.2. The van der Waals surface area contributed by atoms with Crippen LogP contribution in [0.25, 0.3) is 0 Å². The van der Waals surface area contributed by atoms with Gasteiger partial charge in [-0.1, -0.05) is 29.8 Å². The average molecular weight is 569 g/mol. The number of phenols is 1. The molecule has 0 fully saturated rings. The first kappa shape index (κ1) is 27.7. The van der Waals surface area contributed by atoms with Gasteiger partial charge in [-0.3, -0.25) is 9.59 Å². The van der Waals surface area contributed by atoms with Gasteiger partial charge in [0.1, 0.15) is 11.3 Å². The zero-order valence-corrected chi connectivity index (χ0v) is 21.8. The number of amides is 1. The van der Waals surface area contributed by atoms with Crippen LogP contribution in [0.15, 0.2) is 59.5 Å². The number of carbonyl (C=O) groups is 3. The van der Waals surface area contributed by atoms with Crippen LogP contribution in [0.4, 0.5) is 0 Å². The zero-order chi connectivity index (χ0) is 26.3. The van der Waals surface area contributed by atoms with Gasteiger partial charge in [0, 0.05) is 22.2 Å². The topological polar surface area (TPSA) is 150 Å². The molecule has 36 heavy (non-hydrogen) atoms. The molecular weight excluding hydrogens is 548 g/mol. The fourth-order valence-electron chi connectivity index (χ4n) is 2.91. The molecule has 0 aliphatic carbocycles. The van der Waals surface area contributed by atoms with Crippen molar-refractivity contribution in [3.05, 3.63) is 80.5 Å². The molecule has 0 saturated carbocycles. The van der Waals surface area contributed by atoms with Crippen molar-refractivity contribution in [2.45, 2.75) is 17.2 Å². The lowest BCUT2D eigenvalue weighted by Crippen LogP contribution is -2.29. The lowest BCUT2D eigenvalue weighted by molar-refractivity contribution is -0.115. The smallest absolute Gasteiger partial charge is 0.339 e. The minimum absolute atomic E-state index is 0.138. The van der Waals surface area contributed by atoms with Crippen molar-refractivity contribution in [2.75, 3.05) is 12.3 Å². The fraction of sp³-hybridized carbons (Fsp3) is 0.174. The standard InChI is InChI=1S/C23H21ClN2O7S3/c24-19-4-2-1-3-14(19)12-34-13-15(27)10-25-22(29)21-8-5-16(35-21)11-26-36(32,33)17-6-7-20(28)18(9-17)23(30)31/h1-9,26,28H,10-13H2,(H,25,29)(H,30,31). The molecule has 0 bridgehead atoms. The molecule has 2 aromatic carbocycles. The van der Waals surface area contributed by atoms with E-state index in [-0.39, 0.29) is 29.5 Å². The van der Waals surface area contributed by atoms with E-state index in [4.69, 9.17) is 16.7 Å². The van der Waals surface area contributed by atoms with Crippen LogP contribution in [0.2, 0.25) is 5.02 Å². The Morgan fingerprint density at radius 1 is 1.06 bits per heavy atom. The number of aromatic carboxylic acids is 1. The molecule has 0 aliphatic heterocycles. The van der Waals surface area contributed by atoms with Crippen molar-refractivity contribution in [3.63, 3.8) is 0 Å². The number of hydrogen-bond acceptors (Lipinski definition) is 8. The Bertz CT molecular complexity index is 1390. The molecule has 0 spiro atoms. The quantitative estimate of drug-likeness (QED) is 0.259. The van der Waals surface area contributed by atoms with Gasteiger partial charge < -0.3 is 15.5 Å². The summed E-state index contributed by atoms with van der Waals surface area (Å²) in [6, 6.07) is 13.4. The number of Topliss-reactive ketones (excluding diaryl/α,β-unsaturated/α-hetero) is 1. The molecule has 4 N–H and O–H groups in total. The number of sulfonamides is 1. The number of carboxylic acid groups (broad SMARTS) is 1. The second-order valence-corrected chi connectivity index (χ2v) is 11.7. The molecular formula is C23H21ClN2O7S3. The van der Waals surface area contributed by atoms with Gasteiger partial charge in [0.25, 0.3) is 5.91 Å². The van der Waals surface area contributed by atoms with Crippen molar-refractivity contribution >= 4 is 62.4 Å². The van der Waals surface area contributed by atoms with Crippen LogP contribution in [0.5, 0.6) is 5.75 Å². The lowest BCUT2D eigenvalue weighted by Gasteiger charge is -2.07. The van der Waals surface area contributed by atoms with Gasteiger partial charge in [0.15, 0.2) is 5.78 Å². The first-order valence-corrected chi connectivity index (χ1v) is 14.2. The number of ketones is 1. The number of hydrogen-bond donors (Lipinski definition) is 4. The molecule has 1 aromatic heterocycles. The van der Waals surface area contributed by atoms with E-state index in [1.165, 1.54) is 17.8 Å². The van der Waals surface area contributed by atoms with Crippen molar-refractivity contribution in [2.24, 2.45) is 0 Å². The molecule has 9 nitrogen and oxygen atoms in total. The van der Waals surface area contributed by atoms with Crippen LogP contribution in [0.3, 0.4) is 0 Å². The third kappa shape index (κ3) is 7.55. The third-order valence-electron chi connectivity index (χ3n) is 4.76. The number of thioether (sulfide) groups is 1. The largest absolute Gasteiger partial charge is 0.507 e. The molecule has 1 heterocycles. The number of halogens is 1. The Balaban J connectivity index is 1.48. The van der Waals surface area contributed by atoms with E-state index in [1.807, 2.05) is 18.2 Å². The summed E-state index contributed by atoms with van der Waals surface area (Å²) in [5.41, 5.74) is 0.389.